The third kappa shape index (κ3) is 8.71. The summed E-state index contributed by atoms with van der Waals surface area (Å²) < 4.78 is 80.0. The van der Waals surface area contributed by atoms with E-state index in [9.17, 15) is 31.1 Å². The van der Waals surface area contributed by atoms with Crippen LogP contribution in [0.3, 0.4) is 0 Å². The topological polar surface area (TPSA) is 51.1 Å². The molecule has 0 aliphatic rings. The Labute approximate surface area is 164 Å². The number of hydrogen-bond acceptors (Lipinski definition) is 4. The van der Waals surface area contributed by atoms with Gasteiger partial charge in [-0.15, -0.1) is 0 Å². The van der Waals surface area contributed by atoms with E-state index in [4.69, 9.17) is 9.57 Å². The van der Waals surface area contributed by atoms with Crippen LogP contribution in [0.4, 0.5) is 26.3 Å². The van der Waals surface area contributed by atoms with Gasteiger partial charge in [-0.2, -0.15) is 26.3 Å². The molecular weight excluding hydrogens is 406 g/mol. The lowest BCUT2D eigenvalue weighted by Gasteiger charge is -2.17. The number of hydrogen-bond donors (Lipinski definition) is 0. The van der Waals surface area contributed by atoms with Crippen LogP contribution in [0.1, 0.15) is 30.4 Å². The molecule has 1 aromatic rings. The van der Waals surface area contributed by atoms with Crippen LogP contribution in [-0.4, -0.2) is 56.6 Å². The van der Waals surface area contributed by atoms with Crippen molar-refractivity contribution in [2.45, 2.75) is 31.6 Å². The lowest BCUT2D eigenvalue weighted by molar-refractivity contribution is -0.184. The summed E-state index contributed by atoms with van der Waals surface area (Å²) in [7, 11) is 2.51. The lowest BCUT2D eigenvalue weighted by atomic mass is 10.0. The van der Waals surface area contributed by atoms with Gasteiger partial charge in [-0.25, -0.2) is 0 Å². The Balaban J connectivity index is 2.77. The van der Waals surface area contributed by atoms with Crippen molar-refractivity contribution in [2.24, 2.45) is 5.16 Å². The zero-order valence-corrected chi connectivity index (χ0v) is 15.9. The van der Waals surface area contributed by atoms with Gasteiger partial charge in [-0.1, -0.05) is 17.3 Å². The van der Waals surface area contributed by atoms with E-state index in [0.29, 0.717) is 42.0 Å². The average Bonchev–Trinajstić information content (AvgIpc) is 2.64. The second-order valence-corrected chi connectivity index (χ2v) is 6.12. The number of rotatable bonds is 10. The predicted octanol–water partition coefficient (Wildman–Crippen LogP) is 4.26. The van der Waals surface area contributed by atoms with Crippen molar-refractivity contribution in [3.8, 4) is 0 Å². The Hall–Kier alpha value is -2.30. The second kappa shape index (κ2) is 11.0. The Morgan fingerprint density at radius 2 is 1.66 bits per heavy atom. The second-order valence-electron chi connectivity index (χ2n) is 6.12. The molecular formula is C18H22F6N2O3. The molecule has 0 spiro atoms. The number of carbonyl (C=O) groups excluding carboxylic acids is 1. The lowest BCUT2D eigenvalue weighted by Crippen LogP contribution is -2.40. The first-order valence-electron chi connectivity index (χ1n) is 8.64. The van der Waals surface area contributed by atoms with Crippen molar-refractivity contribution in [3.05, 3.63) is 35.4 Å². The number of likely N-dealkylation sites (N-methyl/N-ethyl adjacent to an activating group) is 1. The van der Waals surface area contributed by atoms with Crippen molar-refractivity contribution in [1.82, 2.24) is 4.90 Å². The number of carbonyl (C=O) groups is 1. The molecule has 29 heavy (non-hydrogen) atoms. The SMILES string of the molecule is COCCCCC(=NOCCN(C)C(=O)C(F)(F)F)c1ccc(C(F)(F)F)cc1. The Morgan fingerprint density at radius 3 is 2.17 bits per heavy atom. The summed E-state index contributed by atoms with van der Waals surface area (Å²) in [4.78, 5) is 16.5. The molecule has 0 fully saturated rings. The van der Waals surface area contributed by atoms with Crippen molar-refractivity contribution in [1.29, 1.82) is 0 Å². The van der Waals surface area contributed by atoms with Crippen LogP contribution in [0.5, 0.6) is 0 Å². The highest BCUT2D eigenvalue weighted by Crippen LogP contribution is 2.29. The maximum absolute atomic E-state index is 12.7. The van der Waals surface area contributed by atoms with Gasteiger partial charge in [0.1, 0.15) is 6.61 Å². The molecule has 164 valence electrons. The van der Waals surface area contributed by atoms with Gasteiger partial charge in [0.05, 0.1) is 17.8 Å². The molecule has 5 nitrogen and oxygen atoms in total. The van der Waals surface area contributed by atoms with E-state index in [1.165, 1.54) is 19.2 Å². The molecule has 0 aliphatic heterocycles. The van der Waals surface area contributed by atoms with Crippen LogP contribution in [0.15, 0.2) is 29.4 Å². The Kier molecular flexibility index (Phi) is 9.41. The van der Waals surface area contributed by atoms with Crippen molar-refractivity contribution < 1.29 is 40.7 Å². The molecule has 0 radical (unpaired) electrons. The summed E-state index contributed by atoms with van der Waals surface area (Å²) in [6, 6.07) is 4.33. The molecule has 0 aromatic heterocycles. The first kappa shape index (κ1) is 24.7. The Bertz CT molecular complexity index is 672. The highest BCUT2D eigenvalue weighted by Gasteiger charge is 2.41. The molecule has 0 heterocycles. The molecule has 1 aromatic carbocycles. The summed E-state index contributed by atoms with van der Waals surface area (Å²) in [5, 5.41) is 3.85. The zero-order valence-electron chi connectivity index (χ0n) is 15.9. The number of benzene rings is 1. The fourth-order valence-corrected chi connectivity index (χ4v) is 2.25. The third-order valence-corrected chi connectivity index (χ3v) is 3.84. The van der Waals surface area contributed by atoms with E-state index in [1.807, 2.05) is 0 Å². The number of unbranched alkanes of at least 4 members (excludes halogenated alkanes) is 1. The van der Waals surface area contributed by atoms with E-state index in [2.05, 4.69) is 5.16 Å². The van der Waals surface area contributed by atoms with E-state index in [0.717, 1.165) is 19.2 Å². The predicted molar refractivity (Wildman–Crippen MR) is 93.4 cm³/mol. The van der Waals surface area contributed by atoms with E-state index in [1.54, 1.807) is 0 Å². The average molecular weight is 428 g/mol. The van der Waals surface area contributed by atoms with Gasteiger partial charge in [-0.05, 0) is 37.0 Å². The zero-order chi connectivity index (χ0) is 22.1. The minimum absolute atomic E-state index is 0.305. The first-order valence-corrected chi connectivity index (χ1v) is 8.64. The van der Waals surface area contributed by atoms with E-state index in [-0.39, 0.29) is 13.2 Å². The molecule has 11 heteroatoms. The molecule has 0 aliphatic carbocycles. The van der Waals surface area contributed by atoms with Crippen LogP contribution in [0, 0.1) is 0 Å². The molecule has 0 unspecified atom stereocenters. The van der Waals surface area contributed by atoms with Gasteiger partial charge in [0.2, 0.25) is 0 Å². The number of methoxy groups -OCH3 is 1. The van der Waals surface area contributed by atoms with Gasteiger partial charge < -0.3 is 14.5 Å². The number of ether oxygens (including phenoxy) is 1. The number of halogens is 6. The number of oxime groups is 1. The minimum atomic E-state index is -4.98. The fraction of sp³-hybridized carbons (Fsp3) is 0.556. The smallest absolute Gasteiger partial charge is 0.394 e. The molecule has 1 rings (SSSR count). The van der Waals surface area contributed by atoms with Crippen LogP contribution in [-0.2, 0) is 20.5 Å². The van der Waals surface area contributed by atoms with Gasteiger partial charge in [0, 0.05) is 20.8 Å². The van der Waals surface area contributed by atoms with Crippen LogP contribution < -0.4 is 0 Å². The summed E-state index contributed by atoms with van der Waals surface area (Å²) in [5.74, 6) is -2.01. The molecule has 0 bridgehead atoms. The van der Waals surface area contributed by atoms with Crippen molar-refractivity contribution in [3.63, 3.8) is 0 Å². The molecule has 0 N–H and O–H groups in total. The summed E-state index contributed by atoms with van der Waals surface area (Å²) in [6.07, 6.45) is -7.79. The van der Waals surface area contributed by atoms with Gasteiger partial charge >= 0.3 is 18.3 Å². The van der Waals surface area contributed by atoms with Gasteiger partial charge in [0.15, 0.2) is 0 Å². The number of amides is 1. The largest absolute Gasteiger partial charge is 0.471 e. The van der Waals surface area contributed by atoms with Crippen molar-refractivity contribution in [2.75, 3.05) is 33.9 Å². The summed E-state index contributed by atoms with van der Waals surface area (Å²) >= 11 is 0. The molecule has 0 atom stereocenters. The highest BCUT2D eigenvalue weighted by molar-refractivity contribution is 6.00. The van der Waals surface area contributed by atoms with E-state index < -0.39 is 23.8 Å². The molecule has 0 saturated carbocycles. The van der Waals surface area contributed by atoms with Gasteiger partial charge in [-0.3, -0.25) is 4.79 Å². The van der Waals surface area contributed by atoms with Crippen LogP contribution >= 0.6 is 0 Å². The maximum atomic E-state index is 12.7. The first-order chi connectivity index (χ1) is 13.5. The van der Waals surface area contributed by atoms with Crippen LogP contribution in [0.2, 0.25) is 0 Å². The Morgan fingerprint density at radius 1 is 1.03 bits per heavy atom. The summed E-state index contributed by atoms with van der Waals surface area (Å²) in [6.45, 7) is -0.169. The summed E-state index contributed by atoms with van der Waals surface area (Å²) in [5.41, 5.74) is -0.0667. The third-order valence-electron chi connectivity index (χ3n) is 3.84. The fourth-order valence-electron chi connectivity index (χ4n) is 2.25. The normalized spacial score (nSPS) is 12.8. The number of nitrogens with zero attached hydrogens (tertiary/aromatic N) is 2. The minimum Gasteiger partial charge on any atom is -0.394 e. The quantitative estimate of drug-likeness (QED) is 0.242. The van der Waals surface area contributed by atoms with Crippen molar-refractivity contribution >= 4 is 11.6 Å². The monoisotopic (exact) mass is 428 g/mol. The standard InChI is InChI=1S/C18H22F6N2O3/c1-26(16(27)18(22,23)24)10-12-29-25-15(5-3-4-11-28-2)13-6-8-14(9-7-13)17(19,20)21/h6-9H,3-5,10-12H2,1-2H3. The maximum Gasteiger partial charge on any atom is 0.471 e. The van der Waals surface area contributed by atoms with Gasteiger partial charge in [0.25, 0.3) is 0 Å². The number of alkyl halides is 6. The molecule has 0 saturated heterocycles. The molecule has 1 amide bonds. The van der Waals surface area contributed by atoms with Crippen LogP contribution in [0.25, 0.3) is 0 Å². The highest BCUT2D eigenvalue weighted by atomic mass is 19.4. The van der Waals surface area contributed by atoms with E-state index >= 15 is 0 Å².